The van der Waals surface area contributed by atoms with Gasteiger partial charge in [0.05, 0.1) is 5.41 Å². The first-order valence-corrected chi connectivity index (χ1v) is 6.77. The number of hydrogen-bond donors (Lipinski definition) is 1. The van der Waals surface area contributed by atoms with Crippen LogP contribution in [0.4, 0.5) is 0 Å². The molecule has 1 heterocycles. The molecule has 1 aromatic rings. The van der Waals surface area contributed by atoms with Crippen molar-refractivity contribution in [2.24, 2.45) is 11.1 Å². The van der Waals surface area contributed by atoms with Crippen LogP contribution in [0.5, 0.6) is 5.75 Å². The average molecular weight is 276 g/mol. The predicted molar refractivity (Wildman–Crippen MR) is 75.1 cm³/mol. The van der Waals surface area contributed by atoms with Gasteiger partial charge in [0, 0.05) is 13.1 Å². The molecular formula is C15H20N2O3. The Bertz CT molecular complexity index is 489. The smallest absolute Gasteiger partial charge is 0.260 e. The first-order chi connectivity index (χ1) is 9.51. The van der Waals surface area contributed by atoms with Crippen LogP contribution in [0.25, 0.3) is 0 Å². The highest BCUT2D eigenvalue weighted by Crippen LogP contribution is 2.29. The molecule has 2 rings (SSSR count). The molecule has 2 amide bonds. The minimum atomic E-state index is -0.624. The van der Waals surface area contributed by atoms with Crippen molar-refractivity contribution in [2.45, 2.75) is 19.8 Å². The molecule has 5 nitrogen and oxygen atoms in total. The zero-order chi connectivity index (χ0) is 14.6. The average Bonchev–Trinajstić information content (AvgIpc) is 2.46. The van der Waals surface area contributed by atoms with E-state index in [1.807, 2.05) is 25.1 Å². The van der Waals surface area contributed by atoms with Crippen LogP contribution < -0.4 is 10.5 Å². The number of amides is 2. The van der Waals surface area contributed by atoms with E-state index in [1.54, 1.807) is 17.0 Å². The third-order valence-corrected chi connectivity index (χ3v) is 3.75. The number of rotatable bonds is 4. The molecule has 1 fully saturated rings. The summed E-state index contributed by atoms with van der Waals surface area (Å²) in [7, 11) is 0. The number of carbonyl (C=O) groups excluding carboxylic acids is 2. The Balaban J connectivity index is 1.91. The van der Waals surface area contributed by atoms with Crippen LogP contribution in [0, 0.1) is 5.41 Å². The second kappa shape index (κ2) is 5.94. The maximum atomic E-state index is 12.1. The summed E-state index contributed by atoms with van der Waals surface area (Å²) < 4.78 is 5.44. The second-order valence-corrected chi connectivity index (χ2v) is 5.45. The van der Waals surface area contributed by atoms with Gasteiger partial charge in [0.2, 0.25) is 5.91 Å². The Morgan fingerprint density at radius 1 is 1.35 bits per heavy atom. The van der Waals surface area contributed by atoms with Crippen molar-refractivity contribution in [1.29, 1.82) is 0 Å². The monoisotopic (exact) mass is 276 g/mol. The third kappa shape index (κ3) is 3.29. The van der Waals surface area contributed by atoms with E-state index >= 15 is 0 Å². The topological polar surface area (TPSA) is 72.6 Å². The van der Waals surface area contributed by atoms with E-state index in [9.17, 15) is 9.59 Å². The maximum Gasteiger partial charge on any atom is 0.260 e. The highest BCUT2D eigenvalue weighted by Gasteiger charge is 2.37. The number of benzene rings is 1. The lowest BCUT2D eigenvalue weighted by Gasteiger charge is -2.38. The van der Waals surface area contributed by atoms with E-state index in [1.165, 1.54) is 0 Å². The number of para-hydroxylation sites is 1. The Morgan fingerprint density at radius 2 is 2.05 bits per heavy atom. The summed E-state index contributed by atoms with van der Waals surface area (Å²) >= 11 is 0. The molecule has 1 aliphatic rings. The number of nitrogens with two attached hydrogens (primary N) is 1. The fourth-order valence-electron chi connectivity index (χ4n) is 2.41. The lowest BCUT2D eigenvalue weighted by molar-refractivity contribution is -0.140. The van der Waals surface area contributed by atoms with Gasteiger partial charge < -0.3 is 15.4 Å². The Labute approximate surface area is 118 Å². The summed E-state index contributed by atoms with van der Waals surface area (Å²) in [5.41, 5.74) is 4.80. The number of likely N-dealkylation sites (tertiary alicyclic amines) is 1. The van der Waals surface area contributed by atoms with Crippen LogP contribution in [0.1, 0.15) is 19.8 Å². The van der Waals surface area contributed by atoms with Crippen molar-refractivity contribution in [1.82, 2.24) is 4.90 Å². The number of hydrogen-bond acceptors (Lipinski definition) is 3. The van der Waals surface area contributed by atoms with Crippen LogP contribution in [-0.2, 0) is 9.59 Å². The number of piperidine rings is 1. The van der Waals surface area contributed by atoms with Crippen LogP contribution in [0.3, 0.4) is 0 Å². The van der Waals surface area contributed by atoms with Crippen LogP contribution >= 0.6 is 0 Å². The molecule has 1 aliphatic heterocycles. The molecule has 20 heavy (non-hydrogen) atoms. The van der Waals surface area contributed by atoms with Gasteiger partial charge in [0.15, 0.2) is 6.61 Å². The van der Waals surface area contributed by atoms with Crippen LogP contribution in [-0.4, -0.2) is 36.4 Å². The van der Waals surface area contributed by atoms with Gasteiger partial charge in [-0.3, -0.25) is 9.59 Å². The molecule has 1 unspecified atom stereocenters. The van der Waals surface area contributed by atoms with Crippen molar-refractivity contribution < 1.29 is 14.3 Å². The number of nitrogens with zero attached hydrogens (tertiary/aromatic N) is 1. The summed E-state index contributed by atoms with van der Waals surface area (Å²) in [5.74, 6) is 0.204. The standard InChI is InChI=1S/C15H20N2O3/c1-15(14(16)19)8-5-9-17(11-15)13(18)10-20-12-6-3-2-4-7-12/h2-4,6-7H,5,8-11H2,1H3,(H2,16,19). The third-order valence-electron chi connectivity index (χ3n) is 3.75. The van der Waals surface area contributed by atoms with Crippen LogP contribution in [0.15, 0.2) is 30.3 Å². The number of primary amides is 1. The minimum Gasteiger partial charge on any atom is -0.484 e. The van der Waals surface area contributed by atoms with Gasteiger partial charge >= 0.3 is 0 Å². The van der Waals surface area contributed by atoms with E-state index in [0.29, 0.717) is 18.8 Å². The van der Waals surface area contributed by atoms with Gasteiger partial charge in [-0.1, -0.05) is 18.2 Å². The quantitative estimate of drug-likeness (QED) is 0.897. The molecule has 0 bridgehead atoms. The molecule has 0 aliphatic carbocycles. The molecule has 5 heteroatoms. The normalized spacial score (nSPS) is 22.4. The van der Waals surface area contributed by atoms with Crippen molar-refractivity contribution in [2.75, 3.05) is 19.7 Å². The highest BCUT2D eigenvalue weighted by atomic mass is 16.5. The molecule has 0 aromatic heterocycles. The molecule has 108 valence electrons. The summed E-state index contributed by atoms with van der Waals surface area (Å²) in [6.45, 7) is 2.82. The largest absolute Gasteiger partial charge is 0.484 e. The van der Waals surface area contributed by atoms with Crippen molar-refractivity contribution in [3.05, 3.63) is 30.3 Å². The SMILES string of the molecule is CC1(C(N)=O)CCCN(C(=O)COc2ccccc2)C1. The fourth-order valence-corrected chi connectivity index (χ4v) is 2.41. The molecule has 0 spiro atoms. The molecule has 0 saturated carbocycles. The van der Waals surface area contributed by atoms with Gasteiger partial charge in [-0.15, -0.1) is 0 Å². The molecule has 0 radical (unpaired) electrons. The molecule has 1 aromatic carbocycles. The zero-order valence-corrected chi connectivity index (χ0v) is 11.7. The fraction of sp³-hybridized carbons (Fsp3) is 0.467. The molecule has 1 atom stereocenters. The summed E-state index contributed by atoms with van der Waals surface area (Å²) in [4.78, 5) is 25.3. The number of ether oxygens (including phenoxy) is 1. The van der Waals surface area contributed by atoms with Gasteiger partial charge in [0.1, 0.15) is 5.75 Å². The van der Waals surface area contributed by atoms with E-state index in [4.69, 9.17) is 10.5 Å². The van der Waals surface area contributed by atoms with Gasteiger partial charge in [-0.05, 0) is 31.9 Å². The zero-order valence-electron chi connectivity index (χ0n) is 11.7. The lowest BCUT2D eigenvalue weighted by atomic mass is 9.81. The summed E-state index contributed by atoms with van der Waals surface area (Å²) in [6, 6.07) is 9.20. The number of carbonyl (C=O) groups is 2. The summed E-state index contributed by atoms with van der Waals surface area (Å²) in [5, 5.41) is 0. The summed E-state index contributed by atoms with van der Waals surface area (Å²) in [6.07, 6.45) is 1.52. The van der Waals surface area contributed by atoms with Crippen LogP contribution in [0.2, 0.25) is 0 Å². The maximum absolute atomic E-state index is 12.1. The van der Waals surface area contributed by atoms with Crippen molar-refractivity contribution in [3.63, 3.8) is 0 Å². The predicted octanol–water partition coefficient (Wildman–Crippen LogP) is 1.18. The molecular weight excluding hydrogens is 256 g/mol. The van der Waals surface area contributed by atoms with Crippen molar-refractivity contribution in [3.8, 4) is 5.75 Å². The second-order valence-electron chi connectivity index (χ2n) is 5.45. The minimum absolute atomic E-state index is 0.0150. The van der Waals surface area contributed by atoms with Crippen molar-refractivity contribution >= 4 is 11.8 Å². The Hall–Kier alpha value is -2.04. The molecule has 2 N–H and O–H groups in total. The first kappa shape index (κ1) is 14.4. The van der Waals surface area contributed by atoms with Gasteiger partial charge in [-0.2, -0.15) is 0 Å². The first-order valence-electron chi connectivity index (χ1n) is 6.77. The van der Waals surface area contributed by atoms with Gasteiger partial charge in [0.25, 0.3) is 5.91 Å². The van der Waals surface area contributed by atoms with E-state index in [-0.39, 0.29) is 18.4 Å². The lowest BCUT2D eigenvalue weighted by Crippen LogP contribution is -2.51. The van der Waals surface area contributed by atoms with E-state index in [2.05, 4.69) is 0 Å². The van der Waals surface area contributed by atoms with E-state index < -0.39 is 5.41 Å². The highest BCUT2D eigenvalue weighted by molar-refractivity contribution is 5.83. The Morgan fingerprint density at radius 3 is 2.70 bits per heavy atom. The van der Waals surface area contributed by atoms with E-state index in [0.717, 1.165) is 12.8 Å². The van der Waals surface area contributed by atoms with Gasteiger partial charge in [-0.25, -0.2) is 0 Å². The Kier molecular flexibility index (Phi) is 4.27. The molecule has 1 saturated heterocycles.